The largest absolute Gasteiger partial charge is 0.464 e. The molecule has 1 heterocycles. The van der Waals surface area contributed by atoms with Crippen LogP contribution in [0.2, 0.25) is 0 Å². The maximum Gasteiger partial charge on any atom is 0.147 e. The van der Waals surface area contributed by atoms with Crippen molar-refractivity contribution in [1.29, 1.82) is 5.26 Å². The van der Waals surface area contributed by atoms with E-state index in [1.165, 1.54) is 12.5 Å². The molecule has 3 nitrogen and oxygen atoms in total. The van der Waals surface area contributed by atoms with E-state index in [0.717, 1.165) is 11.5 Å². The van der Waals surface area contributed by atoms with Gasteiger partial charge in [-0.05, 0) is 42.7 Å². The van der Waals surface area contributed by atoms with Gasteiger partial charge in [-0.15, -0.1) is 0 Å². The summed E-state index contributed by atoms with van der Waals surface area (Å²) in [5.74, 6) is 2.65. The summed E-state index contributed by atoms with van der Waals surface area (Å²) >= 11 is 0. The molecular weight excluding hydrogens is 255 g/mol. The van der Waals surface area contributed by atoms with Gasteiger partial charge in [0.05, 0.1) is 23.9 Å². The van der Waals surface area contributed by atoms with Crippen molar-refractivity contribution < 1.29 is 8.81 Å². The van der Waals surface area contributed by atoms with E-state index >= 15 is 0 Å². The van der Waals surface area contributed by atoms with Gasteiger partial charge in [0.1, 0.15) is 17.3 Å². The van der Waals surface area contributed by atoms with Gasteiger partial charge in [-0.2, -0.15) is 5.26 Å². The minimum absolute atomic E-state index is 0.316. The number of nitrogens with zero attached hydrogens (tertiary/aromatic N) is 1. The van der Waals surface area contributed by atoms with E-state index in [-0.39, 0.29) is 0 Å². The van der Waals surface area contributed by atoms with Crippen LogP contribution in [0.4, 0.5) is 10.1 Å². The van der Waals surface area contributed by atoms with Crippen LogP contribution >= 0.6 is 0 Å². The normalized spacial score (nSPS) is 20.4. The Hall–Kier alpha value is -2.28. The molecule has 0 spiro atoms. The summed E-state index contributed by atoms with van der Waals surface area (Å²) in [6.45, 7) is 2.64. The number of rotatable bonds is 4. The van der Waals surface area contributed by atoms with Crippen LogP contribution in [0.25, 0.3) is 0 Å². The summed E-state index contributed by atoms with van der Waals surface area (Å²) in [7, 11) is 0. The van der Waals surface area contributed by atoms with Gasteiger partial charge in [-0.25, -0.2) is 4.39 Å². The molecule has 1 saturated carbocycles. The van der Waals surface area contributed by atoms with Gasteiger partial charge in [0, 0.05) is 5.92 Å². The zero-order chi connectivity index (χ0) is 14.1. The third-order valence-electron chi connectivity index (χ3n) is 3.71. The van der Waals surface area contributed by atoms with Crippen LogP contribution in [0.3, 0.4) is 0 Å². The molecule has 4 heteroatoms. The van der Waals surface area contributed by atoms with E-state index in [1.807, 2.05) is 18.2 Å². The number of nitriles is 1. The molecule has 2 unspecified atom stereocenters. The second kappa shape index (κ2) is 5.01. The fourth-order valence-electron chi connectivity index (χ4n) is 2.32. The number of nitrogens with one attached hydrogen (secondary N) is 1. The quantitative estimate of drug-likeness (QED) is 0.912. The highest BCUT2D eigenvalue weighted by Gasteiger charge is 2.36. The van der Waals surface area contributed by atoms with Crippen molar-refractivity contribution in [2.75, 3.05) is 5.32 Å². The Morgan fingerprint density at radius 1 is 1.40 bits per heavy atom. The number of anilines is 1. The van der Waals surface area contributed by atoms with Crippen LogP contribution < -0.4 is 5.32 Å². The van der Waals surface area contributed by atoms with Crippen molar-refractivity contribution in [3.63, 3.8) is 0 Å². The number of benzene rings is 1. The minimum atomic E-state index is -0.424. The molecule has 1 aliphatic carbocycles. The van der Waals surface area contributed by atoms with Crippen LogP contribution in [0.5, 0.6) is 0 Å². The number of furan rings is 1. The number of halogens is 1. The molecule has 0 radical (unpaired) electrons. The van der Waals surface area contributed by atoms with Crippen molar-refractivity contribution in [2.45, 2.75) is 25.8 Å². The second-order valence-corrected chi connectivity index (χ2v) is 5.28. The molecule has 1 N–H and O–H groups in total. The van der Waals surface area contributed by atoms with Crippen molar-refractivity contribution in [3.8, 4) is 6.07 Å². The zero-order valence-corrected chi connectivity index (χ0v) is 11.2. The predicted octanol–water partition coefficient (Wildman–Crippen LogP) is 4.03. The molecule has 0 saturated heterocycles. The average Bonchev–Trinajstić information content (AvgIpc) is 3.00. The monoisotopic (exact) mass is 270 g/mol. The smallest absolute Gasteiger partial charge is 0.147 e. The number of hydrogen-bond acceptors (Lipinski definition) is 3. The lowest BCUT2D eigenvalue weighted by Crippen LogP contribution is -2.00. The first-order valence-corrected chi connectivity index (χ1v) is 6.69. The highest BCUT2D eigenvalue weighted by atomic mass is 19.1. The minimum Gasteiger partial charge on any atom is -0.464 e. The molecule has 1 aliphatic rings. The lowest BCUT2D eigenvalue weighted by atomic mass is 10.2. The van der Waals surface area contributed by atoms with Crippen LogP contribution in [-0.4, -0.2) is 0 Å². The summed E-state index contributed by atoms with van der Waals surface area (Å²) in [5.41, 5.74) is 0.692. The average molecular weight is 270 g/mol. The summed E-state index contributed by atoms with van der Waals surface area (Å²) in [6, 6.07) is 10.2. The molecule has 0 amide bonds. The molecule has 2 atom stereocenters. The SMILES string of the molecule is CC1CC1c1ccc(CNc2ccc(C#N)cc2F)o1. The molecule has 20 heavy (non-hydrogen) atoms. The Bertz CT molecular complexity index is 671. The lowest BCUT2D eigenvalue weighted by molar-refractivity contribution is 0.467. The highest BCUT2D eigenvalue weighted by Crippen LogP contribution is 2.47. The molecule has 1 aromatic carbocycles. The van der Waals surface area contributed by atoms with Crippen LogP contribution in [0.15, 0.2) is 34.7 Å². The molecule has 102 valence electrons. The first-order valence-electron chi connectivity index (χ1n) is 6.69. The van der Waals surface area contributed by atoms with Crippen LogP contribution in [-0.2, 0) is 6.54 Å². The van der Waals surface area contributed by atoms with E-state index in [0.29, 0.717) is 29.6 Å². The van der Waals surface area contributed by atoms with E-state index in [4.69, 9.17) is 9.68 Å². The van der Waals surface area contributed by atoms with Crippen LogP contribution in [0, 0.1) is 23.1 Å². The molecule has 3 rings (SSSR count). The lowest BCUT2D eigenvalue weighted by Gasteiger charge is -2.05. The maximum absolute atomic E-state index is 13.7. The van der Waals surface area contributed by atoms with Gasteiger partial charge in [0.2, 0.25) is 0 Å². The molecule has 0 bridgehead atoms. The van der Waals surface area contributed by atoms with E-state index in [2.05, 4.69) is 12.2 Å². The van der Waals surface area contributed by atoms with E-state index in [9.17, 15) is 4.39 Å². The van der Waals surface area contributed by atoms with Crippen molar-refractivity contribution >= 4 is 5.69 Å². The van der Waals surface area contributed by atoms with Gasteiger partial charge < -0.3 is 9.73 Å². The summed E-state index contributed by atoms with van der Waals surface area (Å²) < 4.78 is 19.4. The Balaban J connectivity index is 1.64. The molecule has 1 fully saturated rings. The fourth-order valence-corrected chi connectivity index (χ4v) is 2.32. The molecule has 2 aromatic rings. The number of hydrogen-bond donors (Lipinski definition) is 1. The Morgan fingerprint density at radius 3 is 2.85 bits per heavy atom. The first kappa shape index (κ1) is 12.7. The highest BCUT2D eigenvalue weighted by molar-refractivity contribution is 5.48. The summed E-state index contributed by atoms with van der Waals surface area (Å²) in [6.07, 6.45) is 1.19. The third kappa shape index (κ3) is 2.53. The van der Waals surface area contributed by atoms with Gasteiger partial charge in [-0.3, -0.25) is 0 Å². The Morgan fingerprint density at radius 2 is 2.20 bits per heavy atom. The molecule has 0 aliphatic heterocycles. The van der Waals surface area contributed by atoms with Crippen molar-refractivity contribution in [3.05, 3.63) is 53.2 Å². The van der Waals surface area contributed by atoms with Gasteiger partial charge in [0.25, 0.3) is 0 Å². The fraction of sp³-hybridized carbons (Fsp3) is 0.312. The second-order valence-electron chi connectivity index (χ2n) is 5.28. The topological polar surface area (TPSA) is 49.0 Å². The first-order chi connectivity index (χ1) is 9.67. The van der Waals surface area contributed by atoms with Gasteiger partial charge in [-0.1, -0.05) is 6.92 Å². The van der Waals surface area contributed by atoms with E-state index < -0.39 is 5.82 Å². The van der Waals surface area contributed by atoms with Crippen LogP contribution in [0.1, 0.15) is 36.3 Å². The van der Waals surface area contributed by atoms with Crippen molar-refractivity contribution in [2.24, 2.45) is 5.92 Å². The molecular formula is C16H15FN2O. The van der Waals surface area contributed by atoms with E-state index in [1.54, 1.807) is 12.1 Å². The summed E-state index contributed by atoms with van der Waals surface area (Å²) in [4.78, 5) is 0. The van der Waals surface area contributed by atoms with Crippen molar-refractivity contribution in [1.82, 2.24) is 0 Å². The zero-order valence-electron chi connectivity index (χ0n) is 11.2. The maximum atomic E-state index is 13.7. The Labute approximate surface area is 117 Å². The van der Waals surface area contributed by atoms with Gasteiger partial charge >= 0.3 is 0 Å². The summed E-state index contributed by atoms with van der Waals surface area (Å²) in [5, 5.41) is 11.7. The standard InChI is InChI=1S/C16H15FN2O/c1-10-6-13(10)16-5-3-12(20-16)9-19-15-4-2-11(8-18)7-14(15)17/h2-5,7,10,13,19H,6,9H2,1H3. The van der Waals surface area contributed by atoms with Gasteiger partial charge in [0.15, 0.2) is 0 Å². The third-order valence-corrected chi connectivity index (χ3v) is 3.71. The molecule has 1 aromatic heterocycles. The predicted molar refractivity (Wildman–Crippen MR) is 73.7 cm³/mol. The Kier molecular flexibility index (Phi) is 3.19.